The average molecular weight is 347 g/mol. The fourth-order valence-electron chi connectivity index (χ4n) is 3.63. The number of amides is 1. The van der Waals surface area contributed by atoms with Crippen LogP contribution < -0.4 is 10.2 Å². The van der Waals surface area contributed by atoms with E-state index in [0.29, 0.717) is 5.69 Å². The Kier molecular flexibility index (Phi) is 6.26. The minimum atomic E-state index is -0.117. The smallest absolute Gasteiger partial charge is 0.250 e. The molecule has 1 amide bonds. The van der Waals surface area contributed by atoms with Gasteiger partial charge in [0, 0.05) is 13.1 Å². The van der Waals surface area contributed by atoms with Crippen molar-refractivity contribution in [1.82, 2.24) is 4.98 Å². The Balaban J connectivity index is 1.47. The Labute approximate surface area is 149 Å². The Bertz CT molecular complexity index is 548. The van der Waals surface area contributed by atoms with E-state index in [-0.39, 0.29) is 30.8 Å². The molecule has 3 rings (SSSR count). The maximum absolute atomic E-state index is 12.0. The van der Waals surface area contributed by atoms with Crippen molar-refractivity contribution in [3.63, 3.8) is 0 Å². The molecule has 1 saturated carbocycles. The zero-order valence-electron chi connectivity index (χ0n) is 15.2. The second-order valence-electron chi connectivity index (χ2n) is 7.19. The van der Waals surface area contributed by atoms with E-state index in [2.05, 4.69) is 29.0 Å². The lowest BCUT2D eigenvalue weighted by Crippen LogP contribution is -2.45. The first-order valence-electron chi connectivity index (χ1n) is 9.38. The molecule has 6 heteroatoms. The molecule has 1 saturated heterocycles. The number of hydrogen-bond donors (Lipinski definition) is 1. The predicted octanol–water partition coefficient (Wildman–Crippen LogP) is 2.98. The molecule has 2 heterocycles. The molecule has 2 fully saturated rings. The van der Waals surface area contributed by atoms with E-state index in [1.807, 2.05) is 12.1 Å². The topological polar surface area (TPSA) is 63.7 Å². The molecule has 1 N–H and O–H groups in total. The second kappa shape index (κ2) is 8.63. The highest BCUT2D eigenvalue weighted by Crippen LogP contribution is 2.21. The standard InChI is InChI=1S/C19H29N3O3/c1-14-11-22(12-15(2)25-14)18-9-8-16(10-20-18)21-19(23)13-24-17-6-4-3-5-7-17/h8-10,14-15,17H,3-7,11-13H2,1-2H3,(H,21,23)/t14-,15+. The summed E-state index contributed by atoms with van der Waals surface area (Å²) in [5, 5.41) is 2.86. The largest absolute Gasteiger partial charge is 0.372 e. The van der Waals surface area contributed by atoms with Crippen LogP contribution in [0.4, 0.5) is 11.5 Å². The van der Waals surface area contributed by atoms with Gasteiger partial charge >= 0.3 is 0 Å². The van der Waals surface area contributed by atoms with Gasteiger partial charge in [0.1, 0.15) is 12.4 Å². The van der Waals surface area contributed by atoms with E-state index in [9.17, 15) is 4.79 Å². The third-order valence-electron chi connectivity index (χ3n) is 4.78. The lowest BCUT2D eigenvalue weighted by molar-refractivity contribution is -0.123. The number of anilines is 2. The van der Waals surface area contributed by atoms with Gasteiger partial charge in [0.05, 0.1) is 30.2 Å². The summed E-state index contributed by atoms with van der Waals surface area (Å²) in [6.45, 7) is 5.93. The van der Waals surface area contributed by atoms with Crippen molar-refractivity contribution in [3.05, 3.63) is 18.3 Å². The van der Waals surface area contributed by atoms with E-state index in [4.69, 9.17) is 9.47 Å². The van der Waals surface area contributed by atoms with Crippen LogP contribution in [0.2, 0.25) is 0 Å². The van der Waals surface area contributed by atoms with Gasteiger partial charge in [-0.15, -0.1) is 0 Å². The normalized spacial score (nSPS) is 25.0. The lowest BCUT2D eigenvalue weighted by Gasteiger charge is -2.36. The summed E-state index contributed by atoms with van der Waals surface area (Å²) in [5.41, 5.74) is 0.704. The molecule has 1 aromatic heterocycles. The summed E-state index contributed by atoms with van der Waals surface area (Å²) in [4.78, 5) is 18.7. The molecule has 1 aliphatic carbocycles. The quantitative estimate of drug-likeness (QED) is 0.887. The number of hydrogen-bond acceptors (Lipinski definition) is 5. The molecule has 0 unspecified atom stereocenters. The molecular weight excluding hydrogens is 318 g/mol. The monoisotopic (exact) mass is 347 g/mol. The van der Waals surface area contributed by atoms with Gasteiger partial charge in [0.25, 0.3) is 0 Å². The lowest BCUT2D eigenvalue weighted by atomic mass is 9.98. The number of morpholine rings is 1. The van der Waals surface area contributed by atoms with Gasteiger partial charge in [0.15, 0.2) is 0 Å². The van der Waals surface area contributed by atoms with Crippen molar-refractivity contribution in [1.29, 1.82) is 0 Å². The minimum absolute atomic E-state index is 0.116. The van der Waals surface area contributed by atoms with Crippen LogP contribution >= 0.6 is 0 Å². The predicted molar refractivity (Wildman–Crippen MR) is 97.9 cm³/mol. The summed E-state index contributed by atoms with van der Waals surface area (Å²) in [7, 11) is 0. The SMILES string of the molecule is C[C@@H]1CN(c2ccc(NC(=O)COC3CCCCC3)cn2)C[C@H](C)O1. The number of rotatable bonds is 5. The van der Waals surface area contributed by atoms with Crippen LogP contribution in [0.25, 0.3) is 0 Å². The fraction of sp³-hybridized carbons (Fsp3) is 0.684. The summed E-state index contributed by atoms with van der Waals surface area (Å²) in [6, 6.07) is 3.84. The number of aromatic nitrogens is 1. The third-order valence-corrected chi connectivity index (χ3v) is 4.78. The Morgan fingerprint density at radius 2 is 1.96 bits per heavy atom. The van der Waals surface area contributed by atoms with Crippen molar-refractivity contribution in [2.75, 3.05) is 29.9 Å². The fourth-order valence-corrected chi connectivity index (χ4v) is 3.63. The van der Waals surface area contributed by atoms with Crippen LogP contribution in [0.3, 0.4) is 0 Å². The van der Waals surface area contributed by atoms with E-state index in [1.54, 1.807) is 6.20 Å². The summed E-state index contributed by atoms with van der Waals surface area (Å²) in [5.74, 6) is 0.798. The maximum atomic E-state index is 12.0. The van der Waals surface area contributed by atoms with Gasteiger partial charge in [-0.3, -0.25) is 4.79 Å². The third kappa shape index (κ3) is 5.41. The minimum Gasteiger partial charge on any atom is -0.372 e. The van der Waals surface area contributed by atoms with Crippen LogP contribution in [-0.2, 0) is 14.3 Å². The summed E-state index contributed by atoms with van der Waals surface area (Å²) in [6.07, 6.45) is 8.17. The Morgan fingerprint density at radius 3 is 2.60 bits per heavy atom. The summed E-state index contributed by atoms with van der Waals surface area (Å²) < 4.78 is 11.5. The molecule has 2 aliphatic rings. The van der Waals surface area contributed by atoms with Gasteiger partial charge in [0.2, 0.25) is 5.91 Å². The molecule has 1 aromatic rings. The number of ether oxygens (including phenoxy) is 2. The first-order chi connectivity index (χ1) is 12.1. The zero-order chi connectivity index (χ0) is 17.6. The van der Waals surface area contributed by atoms with E-state index < -0.39 is 0 Å². The van der Waals surface area contributed by atoms with Gasteiger partial charge in [-0.25, -0.2) is 4.98 Å². The summed E-state index contributed by atoms with van der Waals surface area (Å²) >= 11 is 0. The molecule has 0 spiro atoms. The molecule has 6 nitrogen and oxygen atoms in total. The van der Waals surface area contributed by atoms with E-state index in [1.165, 1.54) is 19.3 Å². The molecule has 25 heavy (non-hydrogen) atoms. The highest BCUT2D eigenvalue weighted by atomic mass is 16.5. The molecule has 0 radical (unpaired) electrons. The van der Waals surface area contributed by atoms with E-state index >= 15 is 0 Å². The van der Waals surface area contributed by atoms with Gasteiger partial charge in [-0.1, -0.05) is 19.3 Å². The van der Waals surface area contributed by atoms with E-state index in [0.717, 1.165) is 31.7 Å². The first kappa shape index (κ1) is 18.1. The van der Waals surface area contributed by atoms with Crippen LogP contribution in [0.5, 0.6) is 0 Å². The molecule has 1 aliphatic heterocycles. The number of carbonyl (C=O) groups is 1. The van der Waals surface area contributed by atoms with Crippen LogP contribution in [-0.4, -0.2) is 48.9 Å². The van der Waals surface area contributed by atoms with Crippen molar-refractivity contribution in [3.8, 4) is 0 Å². The highest BCUT2D eigenvalue weighted by Gasteiger charge is 2.23. The van der Waals surface area contributed by atoms with Crippen molar-refractivity contribution < 1.29 is 14.3 Å². The zero-order valence-corrected chi connectivity index (χ0v) is 15.2. The average Bonchev–Trinajstić information content (AvgIpc) is 2.61. The highest BCUT2D eigenvalue weighted by molar-refractivity contribution is 5.91. The van der Waals surface area contributed by atoms with Gasteiger partial charge in [-0.2, -0.15) is 0 Å². The Hall–Kier alpha value is -1.66. The Morgan fingerprint density at radius 1 is 1.24 bits per heavy atom. The maximum Gasteiger partial charge on any atom is 0.250 e. The molecule has 2 atom stereocenters. The van der Waals surface area contributed by atoms with Crippen molar-refractivity contribution in [2.24, 2.45) is 0 Å². The van der Waals surface area contributed by atoms with Crippen LogP contribution in [0.15, 0.2) is 18.3 Å². The molecule has 0 bridgehead atoms. The number of carbonyl (C=O) groups excluding carboxylic acids is 1. The van der Waals surface area contributed by atoms with Gasteiger partial charge in [-0.05, 0) is 38.8 Å². The molecular formula is C19H29N3O3. The second-order valence-corrected chi connectivity index (χ2v) is 7.19. The van der Waals surface area contributed by atoms with Crippen molar-refractivity contribution >= 4 is 17.4 Å². The van der Waals surface area contributed by atoms with Crippen LogP contribution in [0, 0.1) is 0 Å². The number of nitrogens with one attached hydrogen (secondary N) is 1. The van der Waals surface area contributed by atoms with Gasteiger partial charge < -0.3 is 19.7 Å². The van der Waals surface area contributed by atoms with Crippen molar-refractivity contribution in [2.45, 2.75) is 64.3 Å². The molecule has 0 aromatic carbocycles. The van der Waals surface area contributed by atoms with Crippen LogP contribution in [0.1, 0.15) is 46.0 Å². The number of nitrogens with zero attached hydrogens (tertiary/aromatic N) is 2. The first-order valence-corrected chi connectivity index (χ1v) is 9.38. The number of pyridine rings is 1. The molecule has 138 valence electrons.